The summed E-state index contributed by atoms with van der Waals surface area (Å²) in [5.41, 5.74) is 2.50. The number of rotatable bonds is 5. The van der Waals surface area contributed by atoms with Crippen molar-refractivity contribution in [3.63, 3.8) is 0 Å². The van der Waals surface area contributed by atoms with Crippen molar-refractivity contribution >= 4 is 17.2 Å². The van der Waals surface area contributed by atoms with Gasteiger partial charge in [0.15, 0.2) is 0 Å². The van der Waals surface area contributed by atoms with Crippen molar-refractivity contribution < 1.29 is 4.79 Å². The van der Waals surface area contributed by atoms with Crippen molar-refractivity contribution in [2.75, 3.05) is 0 Å². The number of aryl methyl sites for hydroxylation is 1. The zero-order valence-corrected chi connectivity index (χ0v) is 12.2. The molecule has 0 spiro atoms. The van der Waals surface area contributed by atoms with Crippen molar-refractivity contribution in [1.29, 1.82) is 0 Å². The van der Waals surface area contributed by atoms with Crippen LogP contribution in [0.5, 0.6) is 0 Å². The van der Waals surface area contributed by atoms with Crippen molar-refractivity contribution in [3.8, 4) is 0 Å². The third-order valence-corrected chi connectivity index (χ3v) is 4.29. The molecule has 1 aromatic heterocycles. The maximum Gasteiger partial charge on any atom is 0.220 e. The summed E-state index contributed by atoms with van der Waals surface area (Å²) >= 11 is 1.71. The van der Waals surface area contributed by atoms with Gasteiger partial charge in [0.05, 0.1) is 6.04 Å². The van der Waals surface area contributed by atoms with Crippen LogP contribution in [-0.4, -0.2) is 5.91 Å². The molecule has 2 aromatic rings. The SMILES string of the molecule is CCC(=O)NC(Cc1ccccc1)c1sccc1C. The van der Waals surface area contributed by atoms with E-state index >= 15 is 0 Å². The maximum absolute atomic E-state index is 11.7. The summed E-state index contributed by atoms with van der Waals surface area (Å²) in [6, 6.07) is 12.5. The van der Waals surface area contributed by atoms with Crippen LogP contribution in [0, 0.1) is 6.92 Å². The zero-order valence-electron chi connectivity index (χ0n) is 11.3. The second-order valence-corrected chi connectivity index (χ2v) is 5.58. The van der Waals surface area contributed by atoms with Gasteiger partial charge >= 0.3 is 0 Å². The first-order valence-corrected chi connectivity index (χ1v) is 7.46. The lowest BCUT2D eigenvalue weighted by atomic mass is 10.0. The molecule has 2 nitrogen and oxygen atoms in total. The maximum atomic E-state index is 11.7. The highest BCUT2D eigenvalue weighted by atomic mass is 32.1. The molecule has 1 amide bonds. The highest BCUT2D eigenvalue weighted by molar-refractivity contribution is 7.10. The molecule has 1 unspecified atom stereocenters. The Balaban J connectivity index is 2.20. The molecule has 1 atom stereocenters. The largest absolute Gasteiger partial charge is 0.348 e. The Labute approximate surface area is 118 Å². The summed E-state index contributed by atoms with van der Waals surface area (Å²) in [5.74, 6) is 0.105. The molecular weight excluding hydrogens is 254 g/mol. The van der Waals surface area contributed by atoms with Gasteiger partial charge in [0.25, 0.3) is 0 Å². The van der Waals surface area contributed by atoms with Crippen LogP contribution in [0.2, 0.25) is 0 Å². The van der Waals surface area contributed by atoms with Crippen LogP contribution >= 0.6 is 11.3 Å². The smallest absolute Gasteiger partial charge is 0.220 e. The van der Waals surface area contributed by atoms with Crippen molar-refractivity contribution in [3.05, 3.63) is 57.8 Å². The van der Waals surface area contributed by atoms with Crippen LogP contribution < -0.4 is 5.32 Å². The lowest BCUT2D eigenvalue weighted by Crippen LogP contribution is -2.29. The third-order valence-electron chi connectivity index (χ3n) is 3.16. The van der Waals surface area contributed by atoms with E-state index in [-0.39, 0.29) is 11.9 Å². The zero-order chi connectivity index (χ0) is 13.7. The fourth-order valence-electron chi connectivity index (χ4n) is 2.10. The van der Waals surface area contributed by atoms with Crippen LogP contribution in [-0.2, 0) is 11.2 Å². The summed E-state index contributed by atoms with van der Waals surface area (Å²) in [6.07, 6.45) is 1.36. The minimum atomic E-state index is 0.0786. The van der Waals surface area contributed by atoms with E-state index in [0.717, 1.165) is 6.42 Å². The summed E-state index contributed by atoms with van der Waals surface area (Å²) in [5, 5.41) is 5.21. The van der Waals surface area contributed by atoms with Gasteiger partial charge in [0.1, 0.15) is 0 Å². The molecular formula is C16H19NOS. The second-order valence-electron chi connectivity index (χ2n) is 4.63. The summed E-state index contributed by atoms with van der Waals surface area (Å²) in [7, 11) is 0. The Morgan fingerprint density at radius 3 is 2.58 bits per heavy atom. The number of thiophene rings is 1. The number of carbonyl (C=O) groups is 1. The van der Waals surface area contributed by atoms with E-state index in [1.807, 2.05) is 25.1 Å². The molecule has 0 aliphatic heterocycles. The van der Waals surface area contributed by atoms with Crippen LogP contribution in [0.1, 0.15) is 35.4 Å². The van der Waals surface area contributed by atoms with Gasteiger partial charge in [-0.3, -0.25) is 4.79 Å². The van der Waals surface area contributed by atoms with Gasteiger partial charge in [0, 0.05) is 11.3 Å². The Morgan fingerprint density at radius 1 is 1.26 bits per heavy atom. The van der Waals surface area contributed by atoms with E-state index in [1.54, 1.807) is 11.3 Å². The predicted octanol–water partition coefficient (Wildman–Crippen LogP) is 3.87. The van der Waals surface area contributed by atoms with E-state index in [0.29, 0.717) is 6.42 Å². The molecule has 0 radical (unpaired) electrons. The van der Waals surface area contributed by atoms with Gasteiger partial charge in [-0.15, -0.1) is 11.3 Å². The average Bonchev–Trinajstić information content (AvgIpc) is 2.85. The topological polar surface area (TPSA) is 29.1 Å². The normalized spacial score (nSPS) is 12.1. The van der Waals surface area contributed by atoms with Gasteiger partial charge in [0.2, 0.25) is 5.91 Å². The number of hydrogen-bond donors (Lipinski definition) is 1. The van der Waals surface area contributed by atoms with Crippen LogP contribution in [0.15, 0.2) is 41.8 Å². The van der Waals surface area contributed by atoms with E-state index in [1.165, 1.54) is 16.0 Å². The molecule has 100 valence electrons. The van der Waals surface area contributed by atoms with Crippen molar-refractivity contribution in [1.82, 2.24) is 5.32 Å². The van der Waals surface area contributed by atoms with Gasteiger partial charge in [-0.1, -0.05) is 37.3 Å². The quantitative estimate of drug-likeness (QED) is 0.880. The van der Waals surface area contributed by atoms with E-state index in [9.17, 15) is 4.79 Å². The summed E-state index contributed by atoms with van der Waals surface area (Å²) in [4.78, 5) is 13.0. The highest BCUT2D eigenvalue weighted by Crippen LogP contribution is 2.27. The van der Waals surface area contributed by atoms with Crippen molar-refractivity contribution in [2.45, 2.75) is 32.7 Å². The number of nitrogens with one attached hydrogen (secondary N) is 1. The molecule has 0 bridgehead atoms. The number of amides is 1. The number of hydrogen-bond acceptors (Lipinski definition) is 2. The molecule has 0 aliphatic rings. The number of benzene rings is 1. The first-order chi connectivity index (χ1) is 9.20. The van der Waals surface area contributed by atoms with E-state index < -0.39 is 0 Å². The van der Waals surface area contributed by atoms with Crippen LogP contribution in [0.3, 0.4) is 0 Å². The molecule has 2 rings (SSSR count). The van der Waals surface area contributed by atoms with Crippen molar-refractivity contribution in [2.24, 2.45) is 0 Å². The minimum Gasteiger partial charge on any atom is -0.348 e. The van der Waals surface area contributed by atoms with Gasteiger partial charge in [-0.25, -0.2) is 0 Å². The Hall–Kier alpha value is -1.61. The summed E-state index contributed by atoms with van der Waals surface area (Å²) in [6.45, 7) is 3.98. The summed E-state index contributed by atoms with van der Waals surface area (Å²) < 4.78 is 0. The Kier molecular flexibility index (Phi) is 4.74. The van der Waals surface area contributed by atoms with Gasteiger partial charge in [-0.2, -0.15) is 0 Å². The molecule has 3 heteroatoms. The molecule has 19 heavy (non-hydrogen) atoms. The van der Waals surface area contributed by atoms with Gasteiger partial charge in [-0.05, 0) is 35.9 Å². The van der Waals surface area contributed by atoms with E-state index in [4.69, 9.17) is 0 Å². The fraction of sp³-hybridized carbons (Fsp3) is 0.312. The Bertz CT molecular complexity index is 533. The Morgan fingerprint density at radius 2 is 2.00 bits per heavy atom. The monoisotopic (exact) mass is 273 g/mol. The lowest BCUT2D eigenvalue weighted by Gasteiger charge is -2.18. The predicted molar refractivity (Wildman–Crippen MR) is 80.4 cm³/mol. The fourth-order valence-corrected chi connectivity index (χ4v) is 3.08. The molecule has 1 N–H and O–H groups in total. The van der Waals surface area contributed by atoms with Gasteiger partial charge < -0.3 is 5.32 Å². The molecule has 1 heterocycles. The second kappa shape index (κ2) is 6.53. The van der Waals surface area contributed by atoms with Crippen LogP contribution in [0.4, 0.5) is 0 Å². The molecule has 0 aliphatic carbocycles. The molecule has 0 saturated carbocycles. The minimum absolute atomic E-state index is 0.0786. The first-order valence-electron chi connectivity index (χ1n) is 6.58. The first kappa shape index (κ1) is 13.8. The van der Waals surface area contributed by atoms with Crippen LogP contribution in [0.25, 0.3) is 0 Å². The third kappa shape index (κ3) is 3.67. The average molecular weight is 273 g/mol. The molecule has 0 fully saturated rings. The number of carbonyl (C=O) groups excluding carboxylic acids is 1. The lowest BCUT2D eigenvalue weighted by molar-refractivity contribution is -0.121. The van der Waals surface area contributed by atoms with E-state index in [2.05, 4.69) is 35.8 Å². The molecule has 0 saturated heterocycles. The standard InChI is InChI=1S/C16H19NOS/c1-3-15(18)17-14(16-12(2)9-10-19-16)11-13-7-5-4-6-8-13/h4-10,14H,3,11H2,1-2H3,(H,17,18). The molecule has 1 aromatic carbocycles. The highest BCUT2D eigenvalue weighted by Gasteiger charge is 2.17.